The fourth-order valence-electron chi connectivity index (χ4n) is 2.35. The van der Waals surface area contributed by atoms with Gasteiger partial charge in [0.05, 0.1) is 17.0 Å². The van der Waals surface area contributed by atoms with E-state index < -0.39 is 54.3 Å². The van der Waals surface area contributed by atoms with Crippen molar-refractivity contribution >= 4 is 33.1 Å². The molecule has 0 amide bonds. The second-order valence-electron chi connectivity index (χ2n) is 5.24. The van der Waals surface area contributed by atoms with Gasteiger partial charge in [-0.15, -0.1) is 0 Å². The molecule has 0 aliphatic rings. The summed E-state index contributed by atoms with van der Waals surface area (Å²) in [7, 11) is -3.64. The lowest BCUT2D eigenvalue weighted by molar-refractivity contribution is -0.387. The third-order valence-electron chi connectivity index (χ3n) is 3.55. The number of hydrogen-bond acceptors (Lipinski definition) is 8. The summed E-state index contributed by atoms with van der Waals surface area (Å²) in [5, 5.41) is 31.4. The van der Waals surface area contributed by atoms with Crippen molar-refractivity contribution in [2.45, 2.75) is 4.90 Å². The number of methoxy groups -OCH3 is 1. The molecule has 0 aromatic heterocycles. The van der Waals surface area contributed by atoms with Crippen LogP contribution in [0, 0.1) is 20.2 Å². The zero-order valence-electron chi connectivity index (χ0n) is 14.2. The highest BCUT2D eigenvalue weighted by atomic mass is 32.2. The lowest BCUT2D eigenvalue weighted by Crippen LogP contribution is -2.36. The van der Waals surface area contributed by atoms with Gasteiger partial charge in [-0.3, -0.25) is 29.3 Å². The van der Waals surface area contributed by atoms with E-state index in [9.17, 15) is 33.4 Å². The van der Waals surface area contributed by atoms with Crippen molar-refractivity contribution in [1.29, 1.82) is 0 Å². The number of benzene rings is 2. The molecule has 0 saturated carbocycles. The number of carboxylic acids is 1. The van der Waals surface area contributed by atoms with Gasteiger partial charge < -0.3 is 9.84 Å². The molecule has 0 radical (unpaired) electrons. The van der Waals surface area contributed by atoms with E-state index in [4.69, 9.17) is 9.84 Å². The minimum absolute atomic E-state index is 0.172. The first-order chi connectivity index (χ1) is 13.1. The summed E-state index contributed by atoms with van der Waals surface area (Å²) >= 11 is 0. The smallest absolute Gasteiger partial charge is 0.324 e. The molecule has 28 heavy (non-hydrogen) atoms. The van der Waals surface area contributed by atoms with E-state index in [1.54, 1.807) is 0 Å². The standard InChI is InChI=1S/C15H13N3O9S/c1-27-13-7-6-10(17(21)22)8-12(13)16(9-15(19)20)28(25,26)14-5-3-2-4-11(14)18(23)24/h2-8H,9H2,1H3,(H,19,20). The Kier molecular flexibility index (Phi) is 5.78. The van der Waals surface area contributed by atoms with Gasteiger partial charge in [0.15, 0.2) is 4.90 Å². The first kappa shape index (κ1) is 20.6. The number of nitro benzene ring substituents is 2. The van der Waals surface area contributed by atoms with E-state index in [0.717, 1.165) is 37.4 Å². The highest BCUT2D eigenvalue weighted by Crippen LogP contribution is 2.37. The van der Waals surface area contributed by atoms with E-state index in [1.165, 1.54) is 12.1 Å². The monoisotopic (exact) mass is 411 g/mol. The Labute approximate surface area is 157 Å². The second kappa shape index (κ2) is 7.87. The van der Waals surface area contributed by atoms with E-state index in [0.29, 0.717) is 4.31 Å². The third kappa shape index (κ3) is 3.98. The van der Waals surface area contributed by atoms with Gasteiger partial charge in [0.25, 0.3) is 21.4 Å². The van der Waals surface area contributed by atoms with Crippen molar-refractivity contribution in [2.24, 2.45) is 0 Å². The summed E-state index contributed by atoms with van der Waals surface area (Å²) < 4.78 is 31.5. The van der Waals surface area contributed by atoms with Crippen LogP contribution in [0.4, 0.5) is 17.1 Å². The average molecular weight is 411 g/mol. The predicted octanol–water partition coefficient (Wildman–Crippen LogP) is 1.79. The number of non-ortho nitro benzene ring substituents is 1. The summed E-state index contributed by atoms with van der Waals surface area (Å²) in [6.45, 7) is -1.15. The summed E-state index contributed by atoms with van der Waals surface area (Å²) in [6, 6.07) is 7.29. The van der Waals surface area contributed by atoms with Crippen LogP contribution in [0.25, 0.3) is 0 Å². The zero-order chi connectivity index (χ0) is 21.1. The largest absolute Gasteiger partial charge is 0.495 e. The van der Waals surface area contributed by atoms with Crippen LogP contribution >= 0.6 is 0 Å². The predicted molar refractivity (Wildman–Crippen MR) is 94.9 cm³/mol. The van der Waals surface area contributed by atoms with E-state index >= 15 is 0 Å². The number of carboxylic acid groups (broad SMARTS) is 1. The molecule has 0 saturated heterocycles. The average Bonchev–Trinajstić information content (AvgIpc) is 2.65. The molecule has 0 atom stereocenters. The molecule has 2 aromatic rings. The van der Waals surface area contributed by atoms with Gasteiger partial charge in [-0.25, -0.2) is 8.42 Å². The fourth-order valence-corrected chi connectivity index (χ4v) is 3.93. The molecule has 0 unspecified atom stereocenters. The van der Waals surface area contributed by atoms with Crippen molar-refractivity contribution in [3.05, 3.63) is 62.7 Å². The summed E-state index contributed by atoms with van der Waals surface area (Å²) in [5.41, 5.74) is -1.75. The molecule has 0 spiro atoms. The maximum atomic E-state index is 13.1. The molecular formula is C15H13N3O9S. The number of nitro groups is 2. The number of ether oxygens (including phenoxy) is 1. The summed E-state index contributed by atoms with van der Waals surface area (Å²) in [4.78, 5) is 31.0. The molecule has 0 bridgehead atoms. The van der Waals surface area contributed by atoms with Gasteiger partial charge in [-0.1, -0.05) is 12.1 Å². The van der Waals surface area contributed by atoms with Gasteiger partial charge in [0.1, 0.15) is 18.0 Å². The fraction of sp³-hybridized carbons (Fsp3) is 0.133. The Morgan fingerprint density at radius 2 is 1.79 bits per heavy atom. The second-order valence-corrected chi connectivity index (χ2v) is 7.07. The van der Waals surface area contributed by atoms with Crippen molar-refractivity contribution < 1.29 is 32.9 Å². The van der Waals surface area contributed by atoms with Crippen LogP contribution in [-0.4, -0.2) is 43.0 Å². The lowest BCUT2D eigenvalue weighted by Gasteiger charge is -2.24. The molecule has 2 aromatic carbocycles. The molecule has 0 fully saturated rings. The maximum absolute atomic E-state index is 13.1. The number of rotatable bonds is 8. The van der Waals surface area contributed by atoms with Gasteiger partial charge in [0.2, 0.25) is 0 Å². The number of para-hydroxylation sites is 1. The number of nitrogens with zero attached hydrogens (tertiary/aromatic N) is 3. The molecule has 0 aliphatic heterocycles. The highest BCUT2D eigenvalue weighted by Gasteiger charge is 2.35. The number of carbonyl (C=O) groups is 1. The molecule has 1 N–H and O–H groups in total. The van der Waals surface area contributed by atoms with Crippen LogP contribution in [0.5, 0.6) is 5.75 Å². The van der Waals surface area contributed by atoms with Crippen LogP contribution in [-0.2, 0) is 14.8 Å². The summed E-state index contributed by atoms with van der Waals surface area (Å²) in [5.74, 6) is -1.76. The van der Waals surface area contributed by atoms with Gasteiger partial charge in [-0.2, -0.15) is 0 Å². The Morgan fingerprint density at radius 3 is 2.32 bits per heavy atom. The van der Waals surface area contributed by atoms with E-state index in [2.05, 4.69) is 0 Å². The molecular weight excluding hydrogens is 398 g/mol. The molecule has 148 valence electrons. The van der Waals surface area contributed by atoms with Gasteiger partial charge >= 0.3 is 5.97 Å². The van der Waals surface area contributed by atoms with Crippen LogP contribution in [0.15, 0.2) is 47.4 Å². The number of sulfonamides is 1. The Morgan fingerprint density at radius 1 is 1.14 bits per heavy atom. The zero-order valence-corrected chi connectivity index (χ0v) is 15.0. The molecule has 13 heteroatoms. The minimum Gasteiger partial charge on any atom is -0.495 e. The molecule has 0 aliphatic carbocycles. The van der Waals surface area contributed by atoms with Crippen molar-refractivity contribution in [2.75, 3.05) is 18.0 Å². The van der Waals surface area contributed by atoms with E-state index in [-0.39, 0.29) is 5.75 Å². The minimum atomic E-state index is -4.79. The number of anilines is 1. The van der Waals surface area contributed by atoms with Crippen LogP contribution in [0.1, 0.15) is 0 Å². The Bertz CT molecular complexity index is 1050. The van der Waals surface area contributed by atoms with Crippen LogP contribution in [0.2, 0.25) is 0 Å². The molecule has 2 rings (SSSR count). The molecule has 12 nitrogen and oxygen atoms in total. The van der Waals surface area contributed by atoms with Crippen molar-refractivity contribution in [1.82, 2.24) is 0 Å². The highest BCUT2D eigenvalue weighted by molar-refractivity contribution is 7.93. The summed E-state index contributed by atoms with van der Waals surface area (Å²) in [6.07, 6.45) is 0. The number of aliphatic carboxylic acids is 1. The quantitative estimate of drug-likeness (QED) is 0.502. The molecule has 0 heterocycles. The van der Waals surface area contributed by atoms with Crippen molar-refractivity contribution in [3.63, 3.8) is 0 Å². The lowest BCUT2D eigenvalue weighted by atomic mass is 10.2. The SMILES string of the molecule is COc1ccc([N+](=O)[O-])cc1N(CC(=O)O)S(=O)(=O)c1ccccc1[N+](=O)[O-]. The maximum Gasteiger partial charge on any atom is 0.324 e. The first-order valence-corrected chi connectivity index (χ1v) is 8.84. The third-order valence-corrected chi connectivity index (χ3v) is 5.36. The van der Waals surface area contributed by atoms with E-state index in [1.807, 2.05) is 0 Å². The van der Waals surface area contributed by atoms with Crippen molar-refractivity contribution in [3.8, 4) is 5.75 Å². The number of hydrogen-bond donors (Lipinski definition) is 1. The first-order valence-electron chi connectivity index (χ1n) is 7.40. The normalized spacial score (nSPS) is 10.9. The van der Waals surface area contributed by atoms with Gasteiger partial charge in [0, 0.05) is 18.2 Å². The van der Waals surface area contributed by atoms with Crippen LogP contribution in [0.3, 0.4) is 0 Å². The Balaban J connectivity index is 2.78. The van der Waals surface area contributed by atoms with Crippen LogP contribution < -0.4 is 9.04 Å². The topological polar surface area (TPSA) is 170 Å². The van der Waals surface area contributed by atoms with Gasteiger partial charge in [-0.05, 0) is 12.1 Å². The Hall–Kier alpha value is -3.74.